The molecule has 0 amide bonds. The molecule has 0 fully saturated rings. The first-order chi connectivity index (χ1) is 8.97. The van der Waals surface area contributed by atoms with Crippen molar-refractivity contribution >= 4 is 17.6 Å². The Kier molecular flexibility index (Phi) is 3.76. The molecule has 2 aromatic carbocycles. The zero-order valence-corrected chi connectivity index (χ0v) is 11.4. The molecule has 4 heteroatoms. The van der Waals surface area contributed by atoms with Crippen molar-refractivity contribution in [1.29, 1.82) is 0 Å². The van der Waals surface area contributed by atoms with E-state index < -0.39 is 5.97 Å². The molecule has 2 aromatic rings. The number of hydrogen-bond donors (Lipinski definition) is 1. The highest BCUT2D eigenvalue weighted by Crippen LogP contribution is 2.30. The maximum atomic E-state index is 11.2. The van der Waals surface area contributed by atoms with Crippen LogP contribution in [0.15, 0.2) is 36.4 Å². The third-order valence-electron chi connectivity index (χ3n) is 2.72. The van der Waals surface area contributed by atoms with Crippen LogP contribution in [-0.2, 0) is 0 Å². The van der Waals surface area contributed by atoms with E-state index in [0.717, 1.165) is 11.1 Å². The fraction of sp³-hybridized carbons (Fsp3) is 0.133. The zero-order chi connectivity index (χ0) is 14.0. The maximum absolute atomic E-state index is 11.2. The van der Waals surface area contributed by atoms with Gasteiger partial charge in [-0.15, -0.1) is 0 Å². The molecular formula is C15H13ClO3. The predicted molar refractivity (Wildman–Crippen MR) is 74.4 cm³/mol. The lowest BCUT2D eigenvalue weighted by Crippen LogP contribution is -2.01. The van der Waals surface area contributed by atoms with Crippen LogP contribution in [0.2, 0.25) is 5.02 Å². The Bertz CT molecular complexity index is 635. The molecule has 0 heterocycles. The summed E-state index contributed by atoms with van der Waals surface area (Å²) in [5.74, 6) is -0.0930. The van der Waals surface area contributed by atoms with E-state index in [-0.39, 0.29) is 5.56 Å². The molecular weight excluding hydrogens is 264 g/mol. The van der Waals surface area contributed by atoms with E-state index >= 15 is 0 Å². The van der Waals surface area contributed by atoms with Crippen LogP contribution >= 0.6 is 11.6 Å². The van der Waals surface area contributed by atoms with E-state index in [9.17, 15) is 9.90 Å². The molecule has 0 unspecified atom stereocenters. The van der Waals surface area contributed by atoms with Gasteiger partial charge < -0.3 is 9.84 Å². The monoisotopic (exact) mass is 276 g/mol. The van der Waals surface area contributed by atoms with E-state index in [4.69, 9.17) is 16.3 Å². The molecule has 0 aliphatic rings. The standard InChI is InChI=1S/C15H13ClO3/c1-9-3-5-14(12(7-9)15(17)18)19-13-6-4-11(16)8-10(13)2/h3-8H,1-2H3,(H,17,18). The van der Waals surface area contributed by atoms with Crippen LogP contribution in [0.4, 0.5) is 0 Å². The van der Waals surface area contributed by atoms with Gasteiger partial charge in [-0.3, -0.25) is 0 Å². The molecule has 2 rings (SSSR count). The normalized spacial score (nSPS) is 10.3. The van der Waals surface area contributed by atoms with Gasteiger partial charge in [-0.25, -0.2) is 4.79 Å². The molecule has 0 saturated heterocycles. The van der Waals surface area contributed by atoms with Gasteiger partial charge in [-0.2, -0.15) is 0 Å². The molecule has 3 nitrogen and oxygen atoms in total. The highest BCUT2D eigenvalue weighted by Gasteiger charge is 2.13. The average molecular weight is 277 g/mol. The highest BCUT2D eigenvalue weighted by molar-refractivity contribution is 6.30. The van der Waals surface area contributed by atoms with E-state index in [1.807, 2.05) is 19.9 Å². The van der Waals surface area contributed by atoms with Crippen molar-refractivity contribution in [2.75, 3.05) is 0 Å². The summed E-state index contributed by atoms with van der Waals surface area (Å²) >= 11 is 5.87. The number of benzene rings is 2. The van der Waals surface area contributed by atoms with Crippen LogP contribution in [0.3, 0.4) is 0 Å². The fourth-order valence-corrected chi connectivity index (χ4v) is 1.97. The van der Waals surface area contributed by atoms with Crippen LogP contribution in [0.5, 0.6) is 11.5 Å². The van der Waals surface area contributed by atoms with Gasteiger partial charge in [0.15, 0.2) is 0 Å². The van der Waals surface area contributed by atoms with Crippen molar-refractivity contribution in [3.8, 4) is 11.5 Å². The molecule has 0 bridgehead atoms. The van der Waals surface area contributed by atoms with Crippen molar-refractivity contribution in [2.45, 2.75) is 13.8 Å². The molecule has 0 aliphatic carbocycles. The van der Waals surface area contributed by atoms with Gasteiger partial charge in [0.25, 0.3) is 0 Å². The number of hydrogen-bond acceptors (Lipinski definition) is 2. The first-order valence-corrected chi connectivity index (χ1v) is 6.13. The van der Waals surface area contributed by atoms with Crippen LogP contribution in [0.25, 0.3) is 0 Å². The minimum Gasteiger partial charge on any atom is -0.478 e. The van der Waals surface area contributed by atoms with Crippen molar-refractivity contribution in [2.24, 2.45) is 0 Å². The Hall–Kier alpha value is -2.00. The summed E-state index contributed by atoms with van der Waals surface area (Å²) in [5, 5.41) is 9.80. The summed E-state index contributed by atoms with van der Waals surface area (Å²) in [7, 11) is 0. The van der Waals surface area contributed by atoms with Gasteiger partial charge in [-0.05, 0) is 49.7 Å². The first kappa shape index (κ1) is 13.4. The highest BCUT2D eigenvalue weighted by atomic mass is 35.5. The lowest BCUT2D eigenvalue weighted by atomic mass is 10.1. The van der Waals surface area contributed by atoms with Gasteiger partial charge in [0.2, 0.25) is 0 Å². The van der Waals surface area contributed by atoms with E-state index in [2.05, 4.69) is 0 Å². The van der Waals surface area contributed by atoms with Crippen LogP contribution in [0.1, 0.15) is 21.5 Å². The number of carboxylic acids is 1. The number of aromatic carboxylic acids is 1. The van der Waals surface area contributed by atoms with Gasteiger partial charge >= 0.3 is 5.97 Å². The average Bonchev–Trinajstić information content (AvgIpc) is 2.34. The third kappa shape index (κ3) is 3.06. The molecule has 98 valence electrons. The molecule has 1 N–H and O–H groups in total. The molecule has 0 aliphatic heterocycles. The van der Waals surface area contributed by atoms with Crippen LogP contribution < -0.4 is 4.74 Å². The second-order valence-electron chi connectivity index (χ2n) is 4.32. The Morgan fingerprint density at radius 1 is 1.11 bits per heavy atom. The van der Waals surface area contributed by atoms with Crippen LogP contribution in [0, 0.1) is 13.8 Å². The summed E-state index contributed by atoms with van der Waals surface area (Å²) < 4.78 is 5.67. The first-order valence-electron chi connectivity index (χ1n) is 5.75. The number of carbonyl (C=O) groups is 1. The van der Waals surface area contributed by atoms with Crippen molar-refractivity contribution in [3.05, 3.63) is 58.1 Å². The summed E-state index contributed by atoms with van der Waals surface area (Å²) in [5.41, 5.74) is 1.87. The SMILES string of the molecule is Cc1ccc(Oc2ccc(Cl)cc2C)c(C(=O)O)c1. The number of carboxylic acid groups (broad SMARTS) is 1. The number of aryl methyl sites for hydroxylation is 2. The van der Waals surface area contributed by atoms with E-state index in [0.29, 0.717) is 16.5 Å². The van der Waals surface area contributed by atoms with Crippen LogP contribution in [-0.4, -0.2) is 11.1 Å². The second-order valence-corrected chi connectivity index (χ2v) is 4.75. The molecule has 0 radical (unpaired) electrons. The van der Waals surface area contributed by atoms with Crippen molar-refractivity contribution < 1.29 is 14.6 Å². The van der Waals surface area contributed by atoms with Gasteiger partial charge in [0, 0.05) is 5.02 Å². The minimum atomic E-state index is -1.01. The lowest BCUT2D eigenvalue weighted by Gasteiger charge is -2.11. The summed E-state index contributed by atoms with van der Waals surface area (Å²) in [6.07, 6.45) is 0. The number of halogens is 1. The van der Waals surface area contributed by atoms with Gasteiger partial charge in [0.1, 0.15) is 17.1 Å². The Labute approximate surface area is 116 Å². The Morgan fingerprint density at radius 3 is 2.42 bits per heavy atom. The second kappa shape index (κ2) is 5.33. The third-order valence-corrected chi connectivity index (χ3v) is 2.96. The predicted octanol–water partition coefficient (Wildman–Crippen LogP) is 4.45. The molecule has 0 aromatic heterocycles. The Morgan fingerprint density at radius 2 is 1.79 bits per heavy atom. The summed E-state index contributed by atoms with van der Waals surface area (Å²) in [6, 6.07) is 10.3. The quantitative estimate of drug-likeness (QED) is 0.901. The summed E-state index contributed by atoms with van der Waals surface area (Å²) in [6.45, 7) is 3.69. The maximum Gasteiger partial charge on any atom is 0.339 e. The molecule has 0 spiro atoms. The zero-order valence-electron chi connectivity index (χ0n) is 10.6. The van der Waals surface area contributed by atoms with E-state index in [1.54, 1.807) is 30.3 Å². The smallest absolute Gasteiger partial charge is 0.339 e. The van der Waals surface area contributed by atoms with Crippen molar-refractivity contribution in [3.63, 3.8) is 0 Å². The van der Waals surface area contributed by atoms with Crippen molar-refractivity contribution in [1.82, 2.24) is 0 Å². The lowest BCUT2D eigenvalue weighted by molar-refractivity contribution is 0.0694. The summed E-state index contributed by atoms with van der Waals surface area (Å²) in [4.78, 5) is 11.2. The number of ether oxygens (including phenoxy) is 1. The molecule has 19 heavy (non-hydrogen) atoms. The fourth-order valence-electron chi connectivity index (χ4n) is 1.75. The molecule has 0 saturated carbocycles. The van der Waals surface area contributed by atoms with Gasteiger partial charge in [-0.1, -0.05) is 23.2 Å². The Balaban J connectivity index is 2.40. The topological polar surface area (TPSA) is 46.5 Å². The minimum absolute atomic E-state index is 0.148. The van der Waals surface area contributed by atoms with Gasteiger partial charge in [0.05, 0.1) is 0 Å². The molecule has 0 atom stereocenters. The van der Waals surface area contributed by atoms with E-state index in [1.165, 1.54) is 0 Å². The number of rotatable bonds is 3. The largest absolute Gasteiger partial charge is 0.478 e.